The second-order valence-corrected chi connectivity index (χ2v) is 7.67. The molecule has 2 aromatic rings. The van der Waals surface area contributed by atoms with E-state index in [-0.39, 0.29) is 5.91 Å². The van der Waals surface area contributed by atoms with Crippen LogP contribution in [0.15, 0.2) is 21.9 Å². The van der Waals surface area contributed by atoms with Gasteiger partial charge in [0.1, 0.15) is 6.54 Å². The van der Waals surface area contributed by atoms with Crippen LogP contribution in [-0.4, -0.2) is 49.0 Å². The number of nitrogens with one attached hydrogen (secondary N) is 2. The highest BCUT2D eigenvalue weighted by Crippen LogP contribution is 2.22. The van der Waals surface area contributed by atoms with Crippen molar-refractivity contribution in [3.8, 4) is 10.8 Å². The molecule has 2 N–H and O–H groups in total. The molecule has 7 nitrogen and oxygen atoms in total. The van der Waals surface area contributed by atoms with E-state index in [2.05, 4.69) is 15.5 Å². The van der Waals surface area contributed by atoms with E-state index in [4.69, 9.17) is 9.15 Å². The fourth-order valence-electron chi connectivity index (χ4n) is 3.28. The number of rotatable bonds is 9. The number of carbonyl (C=O) groups excluding carboxylic acids is 1. The zero-order valence-electron chi connectivity index (χ0n) is 15.2. The van der Waals surface area contributed by atoms with Gasteiger partial charge >= 0.3 is 0 Å². The van der Waals surface area contributed by atoms with Gasteiger partial charge in [-0.1, -0.05) is 25.3 Å². The molecule has 1 unspecified atom stereocenters. The van der Waals surface area contributed by atoms with Gasteiger partial charge < -0.3 is 19.4 Å². The third kappa shape index (κ3) is 5.62. The quantitative estimate of drug-likeness (QED) is 0.686. The first-order valence-electron chi connectivity index (χ1n) is 9.22. The molecular formula is C18H27N4O3S+. The number of carbonyl (C=O) groups is 1. The molecule has 1 atom stereocenters. The zero-order chi connectivity index (χ0) is 18.2. The average Bonchev–Trinajstić information content (AvgIpc) is 3.32. The van der Waals surface area contributed by atoms with Crippen LogP contribution in [-0.2, 0) is 16.1 Å². The monoisotopic (exact) mass is 379 g/mol. The van der Waals surface area contributed by atoms with E-state index in [1.807, 2.05) is 17.5 Å². The minimum Gasteiger partial charge on any atom is -0.414 e. The van der Waals surface area contributed by atoms with Gasteiger partial charge in [-0.2, -0.15) is 0 Å². The Morgan fingerprint density at radius 3 is 2.96 bits per heavy atom. The minimum absolute atomic E-state index is 0.0843. The summed E-state index contributed by atoms with van der Waals surface area (Å²) in [5.74, 6) is 1.17. The first-order valence-corrected chi connectivity index (χ1v) is 10.1. The van der Waals surface area contributed by atoms with Gasteiger partial charge in [-0.15, -0.1) is 21.5 Å². The molecule has 2 aromatic heterocycles. The normalized spacial score (nSPS) is 16.5. The second kappa shape index (κ2) is 9.80. The summed E-state index contributed by atoms with van der Waals surface area (Å²) in [6.07, 6.45) is 5.87. The third-order valence-electron chi connectivity index (χ3n) is 4.64. The number of hydrogen-bond acceptors (Lipinski definition) is 6. The van der Waals surface area contributed by atoms with E-state index in [0.29, 0.717) is 44.1 Å². The van der Waals surface area contributed by atoms with Gasteiger partial charge in [-0.25, -0.2) is 0 Å². The first kappa shape index (κ1) is 19.0. The molecule has 0 aromatic carbocycles. The van der Waals surface area contributed by atoms with Crippen LogP contribution in [0.3, 0.4) is 0 Å². The van der Waals surface area contributed by atoms with E-state index in [0.717, 1.165) is 22.6 Å². The molecule has 1 amide bonds. The Labute approximate surface area is 157 Å². The fraction of sp³-hybridized carbons (Fsp3) is 0.611. The van der Waals surface area contributed by atoms with Gasteiger partial charge in [-0.3, -0.25) is 4.79 Å². The number of quaternary nitrogens is 1. The minimum atomic E-state index is 0.0843. The van der Waals surface area contributed by atoms with Crippen LogP contribution in [0.25, 0.3) is 10.8 Å². The van der Waals surface area contributed by atoms with Gasteiger partial charge in [0.25, 0.3) is 17.7 Å². The van der Waals surface area contributed by atoms with Crippen molar-refractivity contribution >= 4 is 17.2 Å². The highest BCUT2D eigenvalue weighted by atomic mass is 32.1. The van der Waals surface area contributed by atoms with Crippen molar-refractivity contribution in [1.29, 1.82) is 0 Å². The summed E-state index contributed by atoms with van der Waals surface area (Å²) in [7, 11) is 1.67. The lowest BCUT2D eigenvalue weighted by atomic mass is 9.95. The molecule has 1 fully saturated rings. The molecule has 0 saturated heterocycles. The molecule has 3 rings (SSSR count). The topological polar surface area (TPSA) is 81.7 Å². The van der Waals surface area contributed by atoms with E-state index >= 15 is 0 Å². The Morgan fingerprint density at radius 1 is 1.38 bits per heavy atom. The van der Waals surface area contributed by atoms with Gasteiger partial charge in [0.2, 0.25) is 0 Å². The van der Waals surface area contributed by atoms with Gasteiger partial charge in [0.15, 0.2) is 13.1 Å². The van der Waals surface area contributed by atoms with Gasteiger partial charge in [-0.05, 0) is 24.3 Å². The fourth-order valence-corrected chi connectivity index (χ4v) is 3.92. The maximum Gasteiger partial charge on any atom is 0.275 e. The Kier molecular flexibility index (Phi) is 7.16. The van der Waals surface area contributed by atoms with Crippen LogP contribution in [0.2, 0.25) is 0 Å². The third-order valence-corrected chi connectivity index (χ3v) is 5.50. The highest BCUT2D eigenvalue weighted by molar-refractivity contribution is 7.13. The van der Waals surface area contributed by atoms with E-state index in [9.17, 15) is 4.79 Å². The lowest BCUT2D eigenvalue weighted by molar-refractivity contribution is -0.907. The van der Waals surface area contributed by atoms with Crippen LogP contribution in [0.5, 0.6) is 0 Å². The molecule has 0 radical (unpaired) electrons. The molecule has 2 heterocycles. The molecule has 26 heavy (non-hydrogen) atoms. The Hall–Kier alpha value is -1.77. The maximum absolute atomic E-state index is 12.4. The van der Waals surface area contributed by atoms with Crippen LogP contribution in [0, 0.1) is 0 Å². The van der Waals surface area contributed by atoms with E-state index in [1.165, 1.54) is 19.3 Å². The van der Waals surface area contributed by atoms with Crippen molar-refractivity contribution in [2.75, 3.05) is 26.8 Å². The van der Waals surface area contributed by atoms with Crippen molar-refractivity contribution in [3.05, 3.63) is 23.4 Å². The van der Waals surface area contributed by atoms with Gasteiger partial charge in [0.05, 0.1) is 11.5 Å². The molecular weight excluding hydrogens is 352 g/mol. The standard InChI is InChI=1S/C18H26N4O3S/c1-24-10-9-22(12-16(23)19-14-6-3-2-4-7-14)13-17-20-21-18(25-17)15-8-5-11-26-15/h5,8,11,14H,2-4,6-7,9-10,12-13H2,1H3,(H,19,23)/p+1. The first-order chi connectivity index (χ1) is 12.7. The number of methoxy groups -OCH3 is 1. The molecule has 0 spiro atoms. The molecule has 1 aliphatic rings. The summed E-state index contributed by atoms with van der Waals surface area (Å²) >= 11 is 1.57. The summed E-state index contributed by atoms with van der Waals surface area (Å²) in [6.45, 7) is 2.19. The molecule has 0 aliphatic heterocycles. The number of aromatic nitrogens is 2. The van der Waals surface area contributed by atoms with Crippen molar-refractivity contribution < 1.29 is 18.8 Å². The Morgan fingerprint density at radius 2 is 2.23 bits per heavy atom. The second-order valence-electron chi connectivity index (χ2n) is 6.73. The number of hydrogen-bond donors (Lipinski definition) is 2. The van der Waals surface area contributed by atoms with E-state index < -0.39 is 0 Å². The van der Waals surface area contributed by atoms with Crippen LogP contribution in [0.4, 0.5) is 0 Å². The summed E-state index contributed by atoms with van der Waals surface area (Å²) in [4.78, 5) is 14.4. The molecule has 0 bridgehead atoms. The van der Waals surface area contributed by atoms with Crippen molar-refractivity contribution in [2.45, 2.75) is 44.7 Å². The number of nitrogens with zero attached hydrogens (tertiary/aromatic N) is 2. The van der Waals surface area contributed by atoms with Crippen molar-refractivity contribution in [3.63, 3.8) is 0 Å². The van der Waals surface area contributed by atoms with Crippen molar-refractivity contribution in [1.82, 2.24) is 15.5 Å². The summed E-state index contributed by atoms with van der Waals surface area (Å²) in [5, 5.41) is 13.4. The Bertz CT molecular complexity index is 668. The smallest absolute Gasteiger partial charge is 0.275 e. The SMILES string of the molecule is COCC[NH+](CC(=O)NC1CCCCC1)Cc1nnc(-c2cccs2)o1. The lowest BCUT2D eigenvalue weighted by Gasteiger charge is -2.24. The zero-order valence-corrected chi connectivity index (χ0v) is 16.0. The summed E-state index contributed by atoms with van der Waals surface area (Å²) < 4.78 is 11.0. The largest absolute Gasteiger partial charge is 0.414 e. The average molecular weight is 380 g/mol. The number of amides is 1. The van der Waals surface area contributed by atoms with Crippen LogP contribution in [0.1, 0.15) is 38.0 Å². The summed E-state index contributed by atoms with van der Waals surface area (Å²) in [6, 6.07) is 4.24. The van der Waals surface area contributed by atoms with Gasteiger partial charge in [0, 0.05) is 13.2 Å². The molecule has 1 saturated carbocycles. The summed E-state index contributed by atoms with van der Waals surface area (Å²) in [5.41, 5.74) is 0. The predicted molar refractivity (Wildman–Crippen MR) is 98.9 cm³/mol. The predicted octanol–water partition coefficient (Wildman–Crippen LogP) is 1.28. The van der Waals surface area contributed by atoms with Crippen molar-refractivity contribution in [2.24, 2.45) is 0 Å². The van der Waals surface area contributed by atoms with Crippen LogP contribution >= 0.6 is 11.3 Å². The number of ether oxygens (including phenoxy) is 1. The number of thiophene rings is 1. The maximum atomic E-state index is 12.4. The lowest BCUT2D eigenvalue weighted by Crippen LogP contribution is -3.12. The highest BCUT2D eigenvalue weighted by Gasteiger charge is 2.22. The Balaban J connectivity index is 1.55. The van der Waals surface area contributed by atoms with E-state index in [1.54, 1.807) is 18.4 Å². The molecule has 142 valence electrons. The molecule has 8 heteroatoms. The van der Waals surface area contributed by atoms with Crippen LogP contribution < -0.4 is 10.2 Å². The molecule has 1 aliphatic carbocycles.